The maximum Gasteiger partial charge on any atom is 0.356 e. The third-order valence-electron chi connectivity index (χ3n) is 5.94. The van der Waals surface area contributed by atoms with Gasteiger partial charge in [0.25, 0.3) is 0 Å². The number of likely N-dealkylation sites (tertiary alicyclic amines) is 2. The van der Waals surface area contributed by atoms with Gasteiger partial charge in [-0.25, -0.2) is 14.0 Å². The maximum absolute atomic E-state index is 13.6. The van der Waals surface area contributed by atoms with Gasteiger partial charge in [-0.15, -0.1) is 0 Å². The Kier molecular flexibility index (Phi) is 5.31. The predicted molar refractivity (Wildman–Crippen MR) is 105 cm³/mol. The van der Waals surface area contributed by atoms with Crippen molar-refractivity contribution >= 4 is 23.6 Å². The molecule has 2 aliphatic heterocycles. The monoisotopic (exact) mass is 420 g/mol. The van der Waals surface area contributed by atoms with Crippen LogP contribution >= 0.6 is 11.6 Å². The minimum Gasteiger partial charge on any atom is -0.476 e. The Morgan fingerprint density at radius 2 is 1.90 bits per heavy atom. The zero-order valence-corrected chi connectivity index (χ0v) is 16.6. The Bertz CT molecular complexity index is 919. The number of benzene rings is 1. The van der Waals surface area contributed by atoms with Gasteiger partial charge >= 0.3 is 12.0 Å². The molecule has 9 heteroatoms. The minimum atomic E-state index is -1.15. The van der Waals surface area contributed by atoms with Crippen molar-refractivity contribution in [1.82, 2.24) is 19.6 Å². The van der Waals surface area contributed by atoms with Crippen LogP contribution in [-0.2, 0) is 6.54 Å². The summed E-state index contributed by atoms with van der Waals surface area (Å²) in [5.74, 6) is -1.47. The number of carboxylic acid groups (broad SMARTS) is 1. The molecular weight excluding hydrogens is 399 g/mol. The second kappa shape index (κ2) is 7.76. The van der Waals surface area contributed by atoms with Crippen molar-refractivity contribution < 1.29 is 19.1 Å². The summed E-state index contributed by atoms with van der Waals surface area (Å²) in [7, 11) is 0. The molecule has 2 fully saturated rings. The van der Waals surface area contributed by atoms with Gasteiger partial charge in [0, 0.05) is 37.4 Å². The molecule has 2 aliphatic rings. The summed E-state index contributed by atoms with van der Waals surface area (Å²) in [6, 6.07) is 5.65. The highest BCUT2D eigenvalue weighted by molar-refractivity contribution is 6.30. The van der Waals surface area contributed by atoms with Crippen LogP contribution in [0.15, 0.2) is 30.5 Å². The van der Waals surface area contributed by atoms with Gasteiger partial charge in [0.2, 0.25) is 0 Å². The number of piperidine rings is 1. The molecule has 2 aromatic rings. The number of hydrogen-bond donors (Lipinski definition) is 1. The average Bonchev–Trinajstić information content (AvgIpc) is 3.29. The second-order valence-electron chi connectivity index (χ2n) is 7.96. The van der Waals surface area contributed by atoms with E-state index in [0.29, 0.717) is 24.7 Å². The lowest BCUT2D eigenvalue weighted by Crippen LogP contribution is -2.45. The summed E-state index contributed by atoms with van der Waals surface area (Å²) in [6.07, 6.45) is 4.19. The third kappa shape index (κ3) is 4.28. The van der Waals surface area contributed by atoms with E-state index < -0.39 is 5.97 Å². The standard InChI is InChI=1S/C20H22ClFN4O3/c21-15-9-14(10-16(22)11-15)12-24-6-2-20(13-24)3-7-25(8-4-20)19(29)26-5-1-17(23-26)18(27)28/h1,5,9-11H,2-4,6-8,12-13H2,(H,27,28). The first-order valence-corrected chi connectivity index (χ1v) is 9.97. The van der Waals surface area contributed by atoms with Gasteiger partial charge in [0.05, 0.1) is 0 Å². The Morgan fingerprint density at radius 1 is 1.17 bits per heavy atom. The average molecular weight is 421 g/mol. The number of halogens is 2. The van der Waals surface area contributed by atoms with Gasteiger partial charge in [-0.3, -0.25) is 4.90 Å². The molecule has 0 radical (unpaired) electrons. The van der Waals surface area contributed by atoms with Crippen LogP contribution in [0.1, 0.15) is 35.3 Å². The zero-order chi connectivity index (χ0) is 20.6. The molecule has 1 N–H and O–H groups in total. The van der Waals surface area contributed by atoms with E-state index in [4.69, 9.17) is 16.7 Å². The lowest BCUT2D eigenvalue weighted by Gasteiger charge is -2.39. The van der Waals surface area contributed by atoms with Crippen molar-refractivity contribution in [1.29, 1.82) is 0 Å². The van der Waals surface area contributed by atoms with E-state index in [1.165, 1.54) is 24.4 Å². The molecule has 1 amide bonds. The van der Waals surface area contributed by atoms with Gasteiger partial charge in [0.1, 0.15) is 5.82 Å². The van der Waals surface area contributed by atoms with Crippen LogP contribution in [0, 0.1) is 11.2 Å². The van der Waals surface area contributed by atoms with Crippen molar-refractivity contribution in [3.05, 3.63) is 52.6 Å². The molecular formula is C20H22ClFN4O3. The van der Waals surface area contributed by atoms with E-state index in [9.17, 15) is 14.0 Å². The zero-order valence-electron chi connectivity index (χ0n) is 15.9. The van der Waals surface area contributed by atoms with E-state index >= 15 is 0 Å². The molecule has 0 saturated carbocycles. The fourth-order valence-corrected chi connectivity index (χ4v) is 4.64. The Balaban J connectivity index is 1.34. The Labute approximate surface area is 172 Å². The van der Waals surface area contributed by atoms with Crippen molar-refractivity contribution in [2.45, 2.75) is 25.8 Å². The molecule has 3 heterocycles. The Morgan fingerprint density at radius 3 is 2.55 bits per heavy atom. The molecule has 1 aromatic heterocycles. The number of rotatable bonds is 3. The number of carbonyl (C=O) groups is 2. The molecule has 1 aromatic carbocycles. The summed E-state index contributed by atoms with van der Waals surface area (Å²) < 4.78 is 14.7. The summed E-state index contributed by atoms with van der Waals surface area (Å²) in [4.78, 5) is 27.6. The lowest BCUT2D eigenvalue weighted by molar-refractivity contribution is 0.0689. The Hall–Kier alpha value is -2.45. The highest BCUT2D eigenvalue weighted by atomic mass is 35.5. The number of carbonyl (C=O) groups excluding carboxylic acids is 1. The molecule has 1 spiro atoms. The number of aromatic nitrogens is 2. The normalized spacial score (nSPS) is 19.0. The second-order valence-corrected chi connectivity index (χ2v) is 8.40. The topological polar surface area (TPSA) is 78.7 Å². The molecule has 0 unspecified atom stereocenters. The summed E-state index contributed by atoms with van der Waals surface area (Å²) in [5.41, 5.74) is 0.882. The molecule has 2 saturated heterocycles. The number of carboxylic acids is 1. The summed E-state index contributed by atoms with van der Waals surface area (Å²) >= 11 is 5.96. The van der Waals surface area contributed by atoms with Crippen LogP contribution in [0.5, 0.6) is 0 Å². The molecule has 154 valence electrons. The smallest absolute Gasteiger partial charge is 0.356 e. The van der Waals surface area contributed by atoms with Gasteiger partial charge in [-0.2, -0.15) is 9.78 Å². The van der Waals surface area contributed by atoms with Crippen molar-refractivity contribution in [2.24, 2.45) is 5.41 Å². The summed E-state index contributed by atoms with van der Waals surface area (Å²) in [6.45, 7) is 3.73. The van der Waals surface area contributed by atoms with Gasteiger partial charge in [-0.1, -0.05) is 11.6 Å². The molecule has 0 bridgehead atoms. The van der Waals surface area contributed by atoms with Crippen LogP contribution in [0.4, 0.5) is 9.18 Å². The van der Waals surface area contributed by atoms with Gasteiger partial charge < -0.3 is 10.0 Å². The number of aromatic carboxylic acids is 1. The van der Waals surface area contributed by atoms with Crippen LogP contribution in [0.3, 0.4) is 0 Å². The predicted octanol–water partition coefficient (Wildman–Crippen LogP) is 3.33. The van der Waals surface area contributed by atoms with Crippen LogP contribution in [0.25, 0.3) is 0 Å². The van der Waals surface area contributed by atoms with E-state index in [2.05, 4.69) is 10.00 Å². The van der Waals surface area contributed by atoms with Crippen LogP contribution in [0.2, 0.25) is 5.02 Å². The fraction of sp³-hybridized carbons (Fsp3) is 0.450. The number of nitrogens with zero attached hydrogens (tertiary/aromatic N) is 4. The largest absolute Gasteiger partial charge is 0.476 e. The first kappa shape index (κ1) is 19.8. The third-order valence-corrected chi connectivity index (χ3v) is 6.16. The highest BCUT2D eigenvalue weighted by Crippen LogP contribution is 2.41. The van der Waals surface area contributed by atoms with E-state index in [-0.39, 0.29) is 23.0 Å². The molecule has 29 heavy (non-hydrogen) atoms. The van der Waals surface area contributed by atoms with Crippen molar-refractivity contribution in [3.8, 4) is 0 Å². The van der Waals surface area contributed by atoms with Crippen LogP contribution in [-0.4, -0.2) is 62.9 Å². The molecule has 4 rings (SSSR count). The number of amides is 1. The molecule has 0 atom stereocenters. The van der Waals surface area contributed by atoms with Crippen LogP contribution < -0.4 is 0 Å². The lowest BCUT2D eigenvalue weighted by atomic mass is 9.78. The van der Waals surface area contributed by atoms with E-state index in [1.54, 1.807) is 11.0 Å². The van der Waals surface area contributed by atoms with Gasteiger partial charge in [0.15, 0.2) is 5.69 Å². The quantitative estimate of drug-likeness (QED) is 0.824. The fourth-order valence-electron chi connectivity index (χ4n) is 4.39. The number of hydrogen-bond acceptors (Lipinski definition) is 4. The minimum absolute atomic E-state index is 0.143. The van der Waals surface area contributed by atoms with Gasteiger partial charge in [-0.05, 0) is 61.1 Å². The molecule has 0 aliphatic carbocycles. The molecule has 7 nitrogen and oxygen atoms in total. The first-order chi connectivity index (χ1) is 13.8. The van der Waals surface area contributed by atoms with Crippen molar-refractivity contribution in [2.75, 3.05) is 26.2 Å². The van der Waals surface area contributed by atoms with E-state index in [0.717, 1.165) is 42.6 Å². The van der Waals surface area contributed by atoms with E-state index in [1.807, 2.05) is 0 Å². The highest BCUT2D eigenvalue weighted by Gasteiger charge is 2.41. The maximum atomic E-state index is 13.6. The SMILES string of the molecule is O=C(O)c1ccn(C(=O)N2CCC3(CCN(Cc4cc(F)cc(Cl)c4)C3)CC2)n1. The first-order valence-electron chi connectivity index (χ1n) is 9.59. The van der Waals surface area contributed by atoms with Crippen molar-refractivity contribution in [3.63, 3.8) is 0 Å². The summed E-state index contributed by atoms with van der Waals surface area (Å²) in [5, 5.41) is 13.2.